The van der Waals surface area contributed by atoms with Crippen LogP contribution >= 0.6 is 0 Å². The maximum absolute atomic E-state index is 10.0. The minimum Gasteiger partial charge on any atom is -0.458 e. The number of furan rings is 1. The van der Waals surface area contributed by atoms with Crippen LogP contribution in [0.15, 0.2) is 34.7 Å². The first-order valence-electron chi connectivity index (χ1n) is 6.36. The third-order valence-electron chi connectivity index (χ3n) is 3.23. The molecule has 98 valence electrons. The largest absolute Gasteiger partial charge is 0.458 e. The fourth-order valence-electron chi connectivity index (χ4n) is 1.68. The molecule has 0 aliphatic rings. The third-order valence-corrected chi connectivity index (χ3v) is 3.23. The predicted octanol–water partition coefficient (Wildman–Crippen LogP) is 3.53. The van der Waals surface area contributed by atoms with Gasteiger partial charge in [-0.1, -0.05) is 32.0 Å². The number of hydrogen-bond acceptors (Lipinski definition) is 3. The molecule has 0 saturated carbocycles. The standard InChI is InChI=1S/C15H20O3/c1-10(2)11(3)17-9-13(16)15-8-12-6-4-5-7-14(12)18-15/h4-8,10-11,13,16H,9H2,1-3H3. The molecule has 2 aromatic rings. The highest BCUT2D eigenvalue weighted by molar-refractivity contribution is 5.77. The van der Waals surface area contributed by atoms with Gasteiger partial charge in [0.2, 0.25) is 0 Å². The van der Waals surface area contributed by atoms with Crippen molar-refractivity contribution >= 4 is 11.0 Å². The topological polar surface area (TPSA) is 42.6 Å². The van der Waals surface area contributed by atoms with Crippen LogP contribution in [0.25, 0.3) is 11.0 Å². The van der Waals surface area contributed by atoms with Crippen LogP contribution in [0.1, 0.15) is 32.6 Å². The number of ether oxygens (including phenoxy) is 1. The van der Waals surface area contributed by atoms with Gasteiger partial charge in [0.25, 0.3) is 0 Å². The van der Waals surface area contributed by atoms with E-state index in [4.69, 9.17) is 9.15 Å². The monoisotopic (exact) mass is 248 g/mol. The van der Waals surface area contributed by atoms with E-state index >= 15 is 0 Å². The zero-order valence-corrected chi connectivity index (χ0v) is 11.1. The Hall–Kier alpha value is -1.32. The molecule has 0 amide bonds. The number of rotatable bonds is 5. The smallest absolute Gasteiger partial charge is 0.136 e. The number of aliphatic hydroxyl groups excluding tert-OH is 1. The van der Waals surface area contributed by atoms with E-state index in [9.17, 15) is 5.11 Å². The summed E-state index contributed by atoms with van der Waals surface area (Å²) in [7, 11) is 0. The summed E-state index contributed by atoms with van der Waals surface area (Å²) in [5.74, 6) is 1.00. The molecule has 1 aromatic carbocycles. The summed E-state index contributed by atoms with van der Waals surface area (Å²) >= 11 is 0. The Kier molecular flexibility index (Phi) is 4.04. The average molecular weight is 248 g/mol. The van der Waals surface area contributed by atoms with E-state index in [1.165, 1.54) is 0 Å². The summed E-state index contributed by atoms with van der Waals surface area (Å²) in [5.41, 5.74) is 0.795. The van der Waals surface area contributed by atoms with Crippen LogP contribution in [0.4, 0.5) is 0 Å². The van der Waals surface area contributed by atoms with Crippen molar-refractivity contribution in [3.63, 3.8) is 0 Å². The van der Waals surface area contributed by atoms with Gasteiger partial charge in [-0.2, -0.15) is 0 Å². The van der Waals surface area contributed by atoms with Crippen molar-refractivity contribution in [3.8, 4) is 0 Å². The lowest BCUT2D eigenvalue weighted by atomic mass is 10.1. The van der Waals surface area contributed by atoms with Crippen molar-refractivity contribution < 1.29 is 14.3 Å². The lowest BCUT2D eigenvalue weighted by Crippen LogP contribution is -2.19. The fraction of sp³-hybridized carbons (Fsp3) is 0.467. The van der Waals surface area contributed by atoms with Gasteiger partial charge < -0.3 is 14.3 Å². The molecular weight excluding hydrogens is 228 g/mol. The summed E-state index contributed by atoms with van der Waals surface area (Å²) in [6.07, 6.45) is -0.581. The highest BCUT2D eigenvalue weighted by Gasteiger charge is 2.16. The molecule has 1 N–H and O–H groups in total. The van der Waals surface area contributed by atoms with Crippen LogP contribution in [0, 0.1) is 5.92 Å². The minimum atomic E-state index is -0.710. The van der Waals surface area contributed by atoms with E-state index in [0.29, 0.717) is 11.7 Å². The van der Waals surface area contributed by atoms with Crippen LogP contribution in [0.2, 0.25) is 0 Å². The normalized spacial score (nSPS) is 15.2. The maximum Gasteiger partial charge on any atom is 0.136 e. The molecule has 3 nitrogen and oxygen atoms in total. The molecule has 2 rings (SSSR count). The van der Waals surface area contributed by atoms with E-state index in [-0.39, 0.29) is 12.7 Å². The molecule has 0 radical (unpaired) electrons. The molecule has 1 aromatic heterocycles. The van der Waals surface area contributed by atoms with Gasteiger partial charge in [0.15, 0.2) is 0 Å². The molecule has 2 unspecified atom stereocenters. The lowest BCUT2D eigenvalue weighted by molar-refractivity contribution is -0.0266. The second kappa shape index (κ2) is 5.55. The van der Waals surface area contributed by atoms with Gasteiger partial charge in [0.05, 0.1) is 12.7 Å². The quantitative estimate of drug-likeness (QED) is 0.880. The first-order chi connectivity index (χ1) is 8.58. The van der Waals surface area contributed by atoms with Gasteiger partial charge in [-0.15, -0.1) is 0 Å². The molecule has 0 aliphatic heterocycles. The number of fused-ring (bicyclic) bond motifs is 1. The van der Waals surface area contributed by atoms with Crippen molar-refractivity contribution in [3.05, 3.63) is 36.1 Å². The number of aliphatic hydroxyl groups is 1. The Morgan fingerprint density at radius 3 is 2.61 bits per heavy atom. The van der Waals surface area contributed by atoms with Gasteiger partial charge in [-0.05, 0) is 25.0 Å². The number of hydrogen-bond donors (Lipinski definition) is 1. The predicted molar refractivity (Wildman–Crippen MR) is 71.4 cm³/mol. The van der Waals surface area contributed by atoms with E-state index in [1.807, 2.05) is 37.3 Å². The lowest BCUT2D eigenvalue weighted by Gasteiger charge is -2.18. The molecule has 0 saturated heterocycles. The van der Waals surface area contributed by atoms with Crippen LogP contribution in [-0.4, -0.2) is 17.8 Å². The van der Waals surface area contributed by atoms with Gasteiger partial charge in [0.1, 0.15) is 17.4 Å². The van der Waals surface area contributed by atoms with E-state index in [2.05, 4.69) is 13.8 Å². The van der Waals surface area contributed by atoms with Crippen LogP contribution < -0.4 is 0 Å². The maximum atomic E-state index is 10.0. The molecule has 0 fully saturated rings. The molecule has 2 atom stereocenters. The molecule has 0 bridgehead atoms. The Bertz CT molecular complexity index is 468. The fourth-order valence-corrected chi connectivity index (χ4v) is 1.68. The third kappa shape index (κ3) is 2.92. The van der Waals surface area contributed by atoms with Crippen LogP contribution in [0.5, 0.6) is 0 Å². The van der Waals surface area contributed by atoms with Crippen molar-refractivity contribution in [2.75, 3.05) is 6.61 Å². The summed E-state index contributed by atoms with van der Waals surface area (Å²) in [5, 5.41) is 11.0. The van der Waals surface area contributed by atoms with E-state index in [0.717, 1.165) is 11.0 Å². The summed E-state index contributed by atoms with van der Waals surface area (Å²) in [6, 6.07) is 9.59. The summed E-state index contributed by atoms with van der Waals surface area (Å²) in [6.45, 7) is 6.46. The Balaban J connectivity index is 2.02. The first-order valence-corrected chi connectivity index (χ1v) is 6.36. The van der Waals surface area contributed by atoms with Crippen molar-refractivity contribution in [1.82, 2.24) is 0 Å². The van der Waals surface area contributed by atoms with Gasteiger partial charge in [0, 0.05) is 5.39 Å². The number of benzene rings is 1. The van der Waals surface area contributed by atoms with Crippen LogP contribution in [-0.2, 0) is 4.74 Å². The Morgan fingerprint density at radius 1 is 1.22 bits per heavy atom. The van der Waals surface area contributed by atoms with Gasteiger partial charge in [-0.3, -0.25) is 0 Å². The number of para-hydroxylation sites is 1. The highest BCUT2D eigenvalue weighted by Crippen LogP contribution is 2.24. The summed E-state index contributed by atoms with van der Waals surface area (Å²) in [4.78, 5) is 0. The van der Waals surface area contributed by atoms with Crippen LogP contribution in [0.3, 0.4) is 0 Å². The zero-order valence-electron chi connectivity index (χ0n) is 11.1. The van der Waals surface area contributed by atoms with Crippen molar-refractivity contribution in [2.24, 2.45) is 5.92 Å². The molecular formula is C15H20O3. The minimum absolute atomic E-state index is 0.129. The molecule has 3 heteroatoms. The highest BCUT2D eigenvalue weighted by atomic mass is 16.5. The van der Waals surface area contributed by atoms with E-state index < -0.39 is 6.10 Å². The van der Waals surface area contributed by atoms with Gasteiger partial charge in [-0.25, -0.2) is 0 Å². The second-order valence-corrected chi connectivity index (χ2v) is 4.98. The Labute approximate surface area is 107 Å². The first kappa shape index (κ1) is 13.1. The van der Waals surface area contributed by atoms with Crippen molar-refractivity contribution in [2.45, 2.75) is 33.0 Å². The second-order valence-electron chi connectivity index (χ2n) is 4.98. The molecule has 1 heterocycles. The molecule has 18 heavy (non-hydrogen) atoms. The Morgan fingerprint density at radius 2 is 1.94 bits per heavy atom. The zero-order chi connectivity index (χ0) is 13.1. The van der Waals surface area contributed by atoms with Gasteiger partial charge >= 0.3 is 0 Å². The van der Waals surface area contributed by atoms with E-state index in [1.54, 1.807) is 0 Å². The molecule has 0 spiro atoms. The SMILES string of the molecule is CC(C)C(C)OCC(O)c1cc2ccccc2o1. The average Bonchev–Trinajstić information content (AvgIpc) is 2.79. The van der Waals surface area contributed by atoms with Crippen molar-refractivity contribution in [1.29, 1.82) is 0 Å². The summed E-state index contributed by atoms with van der Waals surface area (Å²) < 4.78 is 11.2. The molecule has 0 aliphatic carbocycles.